The molecule has 2 fully saturated rings. The minimum absolute atomic E-state index is 0.0335. The van der Waals surface area contributed by atoms with Gasteiger partial charge in [0, 0.05) is 24.2 Å². The van der Waals surface area contributed by atoms with Crippen LogP contribution in [0.5, 0.6) is 0 Å². The van der Waals surface area contributed by atoms with Crippen LogP contribution in [0.2, 0.25) is 0 Å². The van der Waals surface area contributed by atoms with Crippen molar-refractivity contribution < 1.29 is 9.90 Å². The highest BCUT2D eigenvalue weighted by Gasteiger charge is 2.51. The quantitative estimate of drug-likeness (QED) is 0.484. The molecule has 1 aliphatic heterocycles. The SMILES string of the molecule is CC.Cc1ccc(C2(C(=O)Nc3ncc(C(c4ccccc4)N4CC[C@@H](O)C4)s3)CC2)cc1C. The largest absolute Gasteiger partial charge is 0.392 e. The maximum Gasteiger partial charge on any atom is 0.236 e. The van der Waals surface area contributed by atoms with Gasteiger partial charge in [-0.3, -0.25) is 9.69 Å². The van der Waals surface area contributed by atoms with Crippen LogP contribution in [0.15, 0.2) is 54.7 Å². The Morgan fingerprint density at radius 3 is 2.50 bits per heavy atom. The van der Waals surface area contributed by atoms with E-state index in [-0.39, 0.29) is 18.1 Å². The Balaban J connectivity index is 0.00000133. The van der Waals surface area contributed by atoms with Crippen molar-refractivity contribution in [3.05, 3.63) is 81.9 Å². The maximum absolute atomic E-state index is 13.3. The molecule has 6 heteroatoms. The number of aryl methyl sites for hydroxylation is 2. The van der Waals surface area contributed by atoms with Gasteiger partial charge in [-0.15, -0.1) is 0 Å². The first-order chi connectivity index (χ1) is 16.5. The number of thiazole rings is 1. The first-order valence-corrected chi connectivity index (χ1v) is 13.1. The van der Waals surface area contributed by atoms with Gasteiger partial charge in [-0.1, -0.05) is 73.7 Å². The molecule has 1 saturated heterocycles. The second-order valence-electron chi connectivity index (χ2n) is 9.15. The van der Waals surface area contributed by atoms with Crippen molar-refractivity contribution in [2.45, 2.75) is 64.5 Å². The summed E-state index contributed by atoms with van der Waals surface area (Å²) < 4.78 is 0. The number of aromatic nitrogens is 1. The zero-order chi connectivity index (χ0) is 24.3. The summed E-state index contributed by atoms with van der Waals surface area (Å²) in [5.74, 6) is 0.0366. The summed E-state index contributed by atoms with van der Waals surface area (Å²) in [5.41, 5.74) is 4.31. The predicted molar refractivity (Wildman–Crippen MR) is 139 cm³/mol. The lowest BCUT2D eigenvalue weighted by atomic mass is 9.92. The number of amides is 1. The van der Waals surface area contributed by atoms with Crippen LogP contribution in [-0.2, 0) is 10.2 Å². The third-order valence-electron chi connectivity index (χ3n) is 6.93. The summed E-state index contributed by atoms with van der Waals surface area (Å²) in [6.07, 6.45) is 4.11. The number of aliphatic hydroxyl groups excluding tert-OH is 1. The minimum atomic E-state index is -0.428. The number of aliphatic hydroxyl groups is 1. The molecule has 1 aliphatic carbocycles. The van der Waals surface area contributed by atoms with Crippen LogP contribution in [0, 0.1) is 13.8 Å². The van der Waals surface area contributed by atoms with E-state index >= 15 is 0 Å². The number of carbonyl (C=O) groups excluding carboxylic acids is 1. The van der Waals surface area contributed by atoms with Crippen molar-refractivity contribution in [2.24, 2.45) is 0 Å². The molecule has 1 aromatic heterocycles. The summed E-state index contributed by atoms with van der Waals surface area (Å²) >= 11 is 1.53. The smallest absolute Gasteiger partial charge is 0.236 e. The van der Waals surface area contributed by atoms with E-state index in [1.54, 1.807) is 0 Å². The number of nitrogens with one attached hydrogen (secondary N) is 1. The van der Waals surface area contributed by atoms with E-state index in [1.165, 1.54) is 28.0 Å². The van der Waals surface area contributed by atoms with Crippen LogP contribution < -0.4 is 5.32 Å². The number of hydrogen-bond acceptors (Lipinski definition) is 5. The Kier molecular flexibility index (Phi) is 7.51. The molecule has 2 N–H and O–H groups in total. The Labute approximate surface area is 206 Å². The van der Waals surface area contributed by atoms with Crippen molar-refractivity contribution in [1.82, 2.24) is 9.88 Å². The first kappa shape index (κ1) is 24.6. The van der Waals surface area contributed by atoms with E-state index in [1.807, 2.05) is 38.2 Å². The molecule has 1 saturated carbocycles. The highest BCUT2D eigenvalue weighted by atomic mass is 32.1. The fourth-order valence-corrected chi connectivity index (χ4v) is 5.67. The monoisotopic (exact) mass is 477 g/mol. The predicted octanol–water partition coefficient (Wildman–Crippen LogP) is 5.61. The molecule has 1 unspecified atom stereocenters. The second-order valence-corrected chi connectivity index (χ2v) is 10.2. The Morgan fingerprint density at radius 1 is 1.15 bits per heavy atom. The van der Waals surface area contributed by atoms with Gasteiger partial charge >= 0.3 is 0 Å². The van der Waals surface area contributed by atoms with Gasteiger partial charge in [-0.25, -0.2) is 4.98 Å². The highest BCUT2D eigenvalue weighted by molar-refractivity contribution is 7.15. The van der Waals surface area contributed by atoms with Gasteiger partial charge in [0.1, 0.15) is 0 Å². The lowest BCUT2D eigenvalue weighted by Crippen LogP contribution is -2.28. The number of benzene rings is 2. The van der Waals surface area contributed by atoms with Crippen molar-refractivity contribution in [3.8, 4) is 0 Å². The van der Waals surface area contributed by atoms with Gasteiger partial charge < -0.3 is 10.4 Å². The maximum atomic E-state index is 13.3. The molecular formula is C28H35N3O2S. The molecule has 2 atom stereocenters. The fraction of sp³-hybridized carbons (Fsp3) is 0.429. The molecule has 0 radical (unpaired) electrons. The van der Waals surface area contributed by atoms with Crippen molar-refractivity contribution in [1.29, 1.82) is 0 Å². The summed E-state index contributed by atoms with van der Waals surface area (Å²) in [6, 6.07) is 16.7. The molecule has 5 rings (SSSR count). The van der Waals surface area contributed by atoms with E-state index < -0.39 is 5.41 Å². The summed E-state index contributed by atoms with van der Waals surface area (Å²) in [6.45, 7) is 9.68. The van der Waals surface area contributed by atoms with Crippen LogP contribution in [0.3, 0.4) is 0 Å². The number of anilines is 1. The van der Waals surface area contributed by atoms with Crippen molar-refractivity contribution in [2.75, 3.05) is 18.4 Å². The van der Waals surface area contributed by atoms with Crippen LogP contribution in [-0.4, -0.2) is 40.1 Å². The number of hydrogen-bond donors (Lipinski definition) is 2. The number of nitrogens with zero attached hydrogens (tertiary/aromatic N) is 2. The lowest BCUT2D eigenvalue weighted by Gasteiger charge is -2.26. The molecule has 0 bridgehead atoms. The normalized spacial score (nSPS) is 19.7. The van der Waals surface area contributed by atoms with E-state index in [0.717, 1.165) is 36.2 Å². The molecule has 5 nitrogen and oxygen atoms in total. The minimum Gasteiger partial charge on any atom is -0.392 e. The molecule has 0 spiro atoms. The zero-order valence-electron chi connectivity index (χ0n) is 20.5. The molecule has 3 aromatic rings. The number of likely N-dealkylation sites (tertiary alicyclic amines) is 1. The number of carbonyl (C=O) groups is 1. The van der Waals surface area contributed by atoms with Gasteiger partial charge in [0.25, 0.3) is 0 Å². The third kappa shape index (κ3) is 4.95. The van der Waals surface area contributed by atoms with Gasteiger partial charge in [0.15, 0.2) is 5.13 Å². The Morgan fingerprint density at radius 2 is 1.88 bits per heavy atom. The number of β-amino-alcohol motifs (C(OH)–C–C–N with tert-alkyl or cyclic N) is 1. The van der Waals surface area contributed by atoms with Gasteiger partial charge in [0.2, 0.25) is 5.91 Å². The molecule has 2 aromatic carbocycles. The van der Waals surface area contributed by atoms with Gasteiger partial charge in [-0.05, 0) is 55.4 Å². The molecular weight excluding hydrogens is 442 g/mol. The van der Waals surface area contributed by atoms with E-state index in [4.69, 9.17) is 0 Å². The molecule has 1 amide bonds. The van der Waals surface area contributed by atoms with Crippen LogP contribution in [0.1, 0.15) is 66.3 Å². The average molecular weight is 478 g/mol. The van der Waals surface area contributed by atoms with E-state index in [0.29, 0.717) is 11.7 Å². The van der Waals surface area contributed by atoms with Gasteiger partial charge in [0.05, 0.1) is 17.6 Å². The fourth-order valence-electron chi connectivity index (χ4n) is 4.69. The number of rotatable bonds is 6. The average Bonchev–Trinajstić information content (AvgIpc) is 3.38. The standard InChI is InChI=1S/C26H29N3O2S.C2H6/c1-17-8-9-20(14-18(17)2)26(11-12-26)24(31)28-25-27-15-22(32-25)23(19-6-4-3-5-7-19)29-13-10-21(30)16-29;1-2/h3-9,14-15,21,23,30H,10-13,16H2,1-2H3,(H,27,28,31);1-2H3/t21-,23?;/m1./s1. The van der Waals surface area contributed by atoms with Crippen molar-refractivity contribution in [3.63, 3.8) is 0 Å². The molecule has 34 heavy (non-hydrogen) atoms. The molecule has 2 heterocycles. The van der Waals surface area contributed by atoms with Crippen LogP contribution in [0.4, 0.5) is 5.13 Å². The zero-order valence-corrected chi connectivity index (χ0v) is 21.4. The Bertz CT molecular complexity index is 1120. The Hall–Kier alpha value is -2.54. The van der Waals surface area contributed by atoms with Crippen LogP contribution in [0.25, 0.3) is 0 Å². The van der Waals surface area contributed by atoms with E-state index in [9.17, 15) is 9.90 Å². The van der Waals surface area contributed by atoms with Crippen LogP contribution >= 0.6 is 11.3 Å². The highest BCUT2D eigenvalue weighted by Crippen LogP contribution is 2.49. The molecule has 2 aliphatic rings. The topological polar surface area (TPSA) is 65.5 Å². The van der Waals surface area contributed by atoms with Gasteiger partial charge in [-0.2, -0.15) is 0 Å². The third-order valence-corrected chi connectivity index (χ3v) is 7.90. The van der Waals surface area contributed by atoms with E-state index in [2.05, 4.69) is 59.4 Å². The lowest BCUT2D eigenvalue weighted by molar-refractivity contribution is -0.118. The first-order valence-electron chi connectivity index (χ1n) is 12.3. The van der Waals surface area contributed by atoms with Crippen molar-refractivity contribution >= 4 is 22.4 Å². The summed E-state index contributed by atoms with van der Waals surface area (Å²) in [4.78, 5) is 21.2. The summed E-state index contributed by atoms with van der Waals surface area (Å²) in [7, 11) is 0. The molecule has 180 valence electrons. The second kappa shape index (κ2) is 10.4. The summed E-state index contributed by atoms with van der Waals surface area (Å²) in [5, 5.41) is 13.8.